The van der Waals surface area contributed by atoms with Crippen LogP contribution in [0.4, 0.5) is 5.82 Å². The second kappa shape index (κ2) is 5.39. The molecule has 0 amide bonds. The van der Waals surface area contributed by atoms with Crippen molar-refractivity contribution in [2.45, 2.75) is 5.03 Å². The molecule has 0 aliphatic carbocycles. The highest BCUT2D eigenvalue weighted by Gasteiger charge is 2.25. The number of nitrogens with two attached hydrogens (primary N) is 1. The number of sulfone groups is 1. The van der Waals surface area contributed by atoms with E-state index >= 15 is 0 Å². The molecule has 1 heterocycles. The van der Waals surface area contributed by atoms with Gasteiger partial charge in [0.15, 0.2) is 14.9 Å². The molecular weight excluding hydrogens is 359 g/mol. The molecule has 0 atom stereocenters. The molecule has 2 N–H and O–H groups in total. The van der Waals surface area contributed by atoms with Gasteiger partial charge in [-0.2, -0.15) is 10.4 Å². The molecule has 0 unspecified atom stereocenters. The Morgan fingerprint density at radius 2 is 1.81 bits per heavy atom. The number of anilines is 1. The van der Waals surface area contributed by atoms with E-state index in [-0.39, 0.29) is 27.1 Å². The first kappa shape index (κ1) is 15.9. The van der Waals surface area contributed by atoms with Gasteiger partial charge in [-0.15, -0.1) is 0 Å². The van der Waals surface area contributed by atoms with Crippen LogP contribution in [0.5, 0.6) is 0 Å². The number of hydrogen-bond donors (Lipinski definition) is 1. The van der Waals surface area contributed by atoms with Gasteiger partial charge in [0.25, 0.3) is 0 Å². The number of nitriles is 1. The number of benzene rings is 1. The van der Waals surface area contributed by atoms with Gasteiger partial charge >= 0.3 is 0 Å². The molecule has 2 rings (SSSR count). The summed E-state index contributed by atoms with van der Waals surface area (Å²) in [5, 5.41) is 13.0. The van der Waals surface area contributed by atoms with E-state index in [0.717, 1.165) is 10.9 Å². The largest absolute Gasteiger partial charge is 0.382 e. The summed E-state index contributed by atoms with van der Waals surface area (Å²) in [6, 6.07) is 4.51. The minimum Gasteiger partial charge on any atom is -0.382 e. The standard InChI is InChI=1S/C11H7Cl3N4O2S/c1-21(19,20)11-6(4-15)10(16)18(17-11)9-7(13)2-5(12)3-8(9)14/h2-3H,16H2,1H3. The highest BCUT2D eigenvalue weighted by molar-refractivity contribution is 7.90. The van der Waals surface area contributed by atoms with Gasteiger partial charge in [-0.1, -0.05) is 34.8 Å². The molecule has 110 valence electrons. The van der Waals surface area contributed by atoms with Crippen LogP contribution in [0.15, 0.2) is 17.2 Å². The summed E-state index contributed by atoms with van der Waals surface area (Å²) in [7, 11) is -3.74. The number of nitrogen functional groups attached to an aromatic ring is 1. The van der Waals surface area contributed by atoms with E-state index < -0.39 is 14.9 Å². The third-order valence-corrected chi connectivity index (χ3v) is 4.33. The third-order valence-electron chi connectivity index (χ3n) is 2.55. The maximum Gasteiger partial charge on any atom is 0.197 e. The van der Waals surface area contributed by atoms with Gasteiger partial charge in [0.1, 0.15) is 23.1 Å². The molecule has 0 spiro atoms. The van der Waals surface area contributed by atoms with E-state index in [2.05, 4.69) is 5.10 Å². The van der Waals surface area contributed by atoms with Crippen molar-refractivity contribution >= 4 is 50.5 Å². The van der Waals surface area contributed by atoms with E-state index in [0.29, 0.717) is 5.02 Å². The number of aromatic nitrogens is 2. The minimum absolute atomic E-state index is 0.117. The van der Waals surface area contributed by atoms with Crippen molar-refractivity contribution in [3.05, 3.63) is 32.8 Å². The van der Waals surface area contributed by atoms with Crippen molar-refractivity contribution in [3.8, 4) is 11.8 Å². The van der Waals surface area contributed by atoms with Crippen LogP contribution in [0.3, 0.4) is 0 Å². The van der Waals surface area contributed by atoms with Crippen LogP contribution in [0.1, 0.15) is 5.56 Å². The fourth-order valence-corrected chi connectivity index (χ4v) is 3.41. The molecule has 0 aliphatic heterocycles. The van der Waals surface area contributed by atoms with E-state index in [1.165, 1.54) is 12.1 Å². The van der Waals surface area contributed by atoms with Gasteiger partial charge in [-0.3, -0.25) is 0 Å². The number of hydrogen-bond acceptors (Lipinski definition) is 5. The van der Waals surface area contributed by atoms with Crippen LogP contribution in [0.2, 0.25) is 15.1 Å². The van der Waals surface area contributed by atoms with Crippen molar-refractivity contribution in [1.82, 2.24) is 9.78 Å². The fraction of sp³-hybridized carbons (Fsp3) is 0.0909. The van der Waals surface area contributed by atoms with Crippen molar-refractivity contribution in [1.29, 1.82) is 5.26 Å². The maximum absolute atomic E-state index is 11.7. The molecule has 1 aromatic heterocycles. The summed E-state index contributed by atoms with van der Waals surface area (Å²) >= 11 is 17.9. The number of halogens is 3. The third kappa shape index (κ3) is 2.80. The van der Waals surface area contributed by atoms with Crippen LogP contribution >= 0.6 is 34.8 Å². The maximum atomic E-state index is 11.7. The zero-order valence-corrected chi connectivity index (χ0v) is 13.5. The highest BCUT2D eigenvalue weighted by Crippen LogP contribution is 2.35. The second-order valence-corrected chi connectivity index (χ2v) is 7.26. The Bertz CT molecular complexity index is 861. The summed E-state index contributed by atoms with van der Waals surface area (Å²) in [5.41, 5.74) is 5.66. The lowest BCUT2D eigenvalue weighted by Gasteiger charge is -2.09. The van der Waals surface area contributed by atoms with Gasteiger partial charge in [-0.05, 0) is 12.1 Å². The zero-order chi connectivity index (χ0) is 15.9. The average molecular weight is 366 g/mol. The first-order valence-electron chi connectivity index (χ1n) is 5.30. The second-order valence-electron chi connectivity index (χ2n) is 4.08. The summed E-state index contributed by atoms with van der Waals surface area (Å²) in [6.07, 6.45) is 0.922. The Hall–Kier alpha value is -1.46. The predicted octanol–water partition coefficient (Wildman–Crippen LogP) is 2.69. The Labute approximate surface area is 135 Å². The molecule has 0 saturated carbocycles. The summed E-state index contributed by atoms with van der Waals surface area (Å²) in [5.74, 6) is -0.177. The van der Waals surface area contributed by atoms with E-state index in [4.69, 9.17) is 45.8 Å². The normalized spacial score (nSPS) is 11.4. The Morgan fingerprint density at radius 1 is 1.29 bits per heavy atom. The Morgan fingerprint density at radius 3 is 2.19 bits per heavy atom. The molecular formula is C11H7Cl3N4O2S. The lowest BCUT2D eigenvalue weighted by molar-refractivity contribution is 0.596. The van der Waals surface area contributed by atoms with Crippen molar-refractivity contribution in [2.75, 3.05) is 12.0 Å². The van der Waals surface area contributed by atoms with Crippen LogP contribution in [-0.4, -0.2) is 24.5 Å². The van der Waals surface area contributed by atoms with Crippen molar-refractivity contribution < 1.29 is 8.42 Å². The summed E-state index contributed by atoms with van der Waals surface area (Å²) < 4.78 is 24.3. The first-order chi connectivity index (χ1) is 9.66. The van der Waals surface area contributed by atoms with Gasteiger partial charge in [0.2, 0.25) is 0 Å². The zero-order valence-electron chi connectivity index (χ0n) is 10.4. The van der Waals surface area contributed by atoms with Crippen LogP contribution in [0, 0.1) is 11.3 Å². The molecule has 0 bridgehead atoms. The molecule has 0 saturated heterocycles. The van der Waals surface area contributed by atoms with Crippen molar-refractivity contribution in [3.63, 3.8) is 0 Å². The van der Waals surface area contributed by atoms with Gasteiger partial charge in [-0.25, -0.2) is 13.1 Å². The smallest absolute Gasteiger partial charge is 0.197 e. The van der Waals surface area contributed by atoms with Crippen LogP contribution in [-0.2, 0) is 9.84 Å². The van der Waals surface area contributed by atoms with E-state index in [1.54, 1.807) is 6.07 Å². The topological polar surface area (TPSA) is 102 Å². The lowest BCUT2D eigenvalue weighted by Crippen LogP contribution is -2.05. The minimum atomic E-state index is -3.74. The van der Waals surface area contributed by atoms with Crippen molar-refractivity contribution in [2.24, 2.45) is 0 Å². The van der Waals surface area contributed by atoms with Gasteiger partial charge < -0.3 is 5.73 Å². The summed E-state index contributed by atoms with van der Waals surface area (Å²) in [4.78, 5) is 0. The number of nitrogens with zero attached hydrogens (tertiary/aromatic N) is 3. The average Bonchev–Trinajstić information content (AvgIpc) is 2.65. The lowest BCUT2D eigenvalue weighted by atomic mass is 10.3. The van der Waals surface area contributed by atoms with Gasteiger partial charge in [0.05, 0.1) is 10.0 Å². The molecule has 0 fully saturated rings. The molecule has 0 radical (unpaired) electrons. The molecule has 1 aromatic carbocycles. The van der Waals surface area contributed by atoms with Crippen LogP contribution in [0.25, 0.3) is 5.69 Å². The van der Waals surface area contributed by atoms with E-state index in [9.17, 15) is 8.42 Å². The highest BCUT2D eigenvalue weighted by atomic mass is 35.5. The molecule has 10 heteroatoms. The molecule has 2 aromatic rings. The van der Waals surface area contributed by atoms with Crippen LogP contribution < -0.4 is 5.73 Å². The molecule has 0 aliphatic rings. The quantitative estimate of drug-likeness (QED) is 0.881. The molecule has 6 nitrogen and oxygen atoms in total. The molecule has 21 heavy (non-hydrogen) atoms. The summed E-state index contributed by atoms with van der Waals surface area (Å²) in [6.45, 7) is 0. The number of rotatable bonds is 2. The van der Waals surface area contributed by atoms with Gasteiger partial charge in [0, 0.05) is 11.3 Å². The monoisotopic (exact) mass is 364 g/mol. The Balaban J connectivity index is 2.85. The van der Waals surface area contributed by atoms with E-state index in [1.807, 2.05) is 0 Å². The fourth-order valence-electron chi connectivity index (χ4n) is 1.68. The SMILES string of the molecule is CS(=O)(=O)c1nn(-c2c(Cl)cc(Cl)cc2Cl)c(N)c1C#N. The first-order valence-corrected chi connectivity index (χ1v) is 8.33. The predicted molar refractivity (Wildman–Crippen MR) is 80.8 cm³/mol. The Kier molecular flexibility index (Phi) is 4.08.